The van der Waals surface area contributed by atoms with Crippen LogP contribution in [0.1, 0.15) is 0 Å². The minimum atomic E-state index is 0.242. The van der Waals surface area contributed by atoms with Crippen molar-refractivity contribution in [3.05, 3.63) is 41.8 Å². The Morgan fingerprint density at radius 2 is 2.19 bits per heavy atom. The summed E-state index contributed by atoms with van der Waals surface area (Å²) in [6.07, 6.45) is 3.66. The van der Waals surface area contributed by atoms with Gasteiger partial charge in [-0.25, -0.2) is 9.97 Å². The molecule has 0 amide bonds. The molecular weight excluding hydrogens is 242 g/mol. The molecule has 1 heterocycles. The first kappa shape index (κ1) is 11.2. The third-order valence-electron chi connectivity index (χ3n) is 1.97. The van der Waals surface area contributed by atoms with Gasteiger partial charge in [-0.3, -0.25) is 0 Å². The van der Waals surface area contributed by atoms with Crippen molar-refractivity contribution in [1.82, 2.24) is 9.97 Å². The molecule has 3 nitrogen and oxygen atoms in total. The zero-order valence-corrected chi connectivity index (χ0v) is 10.2. The maximum Gasteiger partial charge on any atom is 0.224 e. The topological polar surface area (TPSA) is 37.8 Å². The average molecular weight is 252 g/mol. The summed E-state index contributed by atoms with van der Waals surface area (Å²) in [7, 11) is 0. The lowest BCUT2D eigenvalue weighted by molar-refractivity contribution is 1.17. The third kappa shape index (κ3) is 2.87. The number of hydrogen-bond acceptors (Lipinski definition) is 4. The van der Waals surface area contributed by atoms with Crippen molar-refractivity contribution in [2.24, 2.45) is 0 Å². The van der Waals surface area contributed by atoms with E-state index in [-0.39, 0.29) is 5.28 Å². The van der Waals surface area contributed by atoms with Gasteiger partial charge in [-0.05, 0) is 42.1 Å². The molecule has 1 aromatic heterocycles. The van der Waals surface area contributed by atoms with Crippen molar-refractivity contribution in [1.29, 1.82) is 0 Å². The normalized spacial score (nSPS) is 10.1. The molecule has 0 unspecified atom stereocenters. The molecule has 0 spiro atoms. The number of thioether (sulfide) groups is 1. The number of halogens is 1. The highest BCUT2D eigenvalue weighted by Crippen LogP contribution is 2.21. The first-order chi connectivity index (χ1) is 7.78. The Kier molecular flexibility index (Phi) is 3.64. The van der Waals surface area contributed by atoms with Crippen LogP contribution >= 0.6 is 23.4 Å². The van der Waals surface area contributed by atoms with E-state index in [9.17, 15) is 0 Å². The van der Waals surface area contributed by atoms with E-state index in [2.05, 4.69) is 27.4 Å². The summed E-state index contributed by atoms with van der Waals surface area (Å²) in [6.45, 7) is 0. The van der Waals surface area contributed by atoms with Gasteiger partial charge in [0.25, 0.3) is 0 Å². The second kappa shape index (κ2) is 5.18. The van der Waals surface area contributed by atoms with E-state index in [0.29, 0.717) is 5.82 Å². The van der Waals surface area contributed by atoms with Gasteiger partial charge in [0.2, 0.25) is 5.28 Å². The van der Waals surface area contributed by atoms with Gasteiger partial charge < -0.3 is 5.32 Å². The Balaban J connectivity index is 2.20. The molecule has 0 saturated heterocycles. The van der Waals surface area contributed by atoms with E-state index >= 15 is 0 Å². The van der Waals surface area contributed by atoms with Gasteiger partial charge in [-0.1, -0.05) is 6.07 Å². The molecule has 0 aliphatic rings. The van der Waals surface area contributed by atoms with Gasteiger partial charge in [-0.15, -0.1) is 11.8 Å². The smallest absolute Gasteiger partial charge is 0.224 e. The highest BCUT2D eigenvalue weighted by atomic mass is 35.5. The van der Waals surface area contributed by atoms with Crippen LogP contribution in [0.2, 0.25) is 5.28 Å². The van der Waals surface area contributed by atoms with E-state index in [4.69, 9.17) is 11.6 Å². The fourth-order valence-corrected chi connectivity index (χ4v) is 1.86. The monoisotopic (exact) mass is 251 g/mol. The fraction of sp³-hybridized carbons (Fsp3) is 0.0909. The van der Waals surface area contributed by atoms with Crippen LogP contribution in [0, 0.1) is 0 Å². The van der Waals surface area contributed by atoms with Crippen LogP contribution in [0.15, 0.2) is 41.4 Å². The summed E-state index contributed by atoms with van der Waals surface area (Å²) in [5, 5.41) is 3.41. The maximum absolute atomic E-state index is 5.70. The van der Waals surface area contributed by atoms with Crippen LogP contribution in [0.25, 0.3) is 0 Å². The Morgan fingerprint density at radius 3 is 2.94 bits per heavy atom. The van der Waals surface area contributed by atoms with Gasteiger partial charge in [0.1, 0.15) is 5.82 Å². The van der Waals surface area contributed by atoms with Gasteiger partial charge >= 0.3 is 0 Å². The molecule has 0 aliphatic carbocycles. The Hall–Kier alpha value is -1.26. The molecular formula is C11H10ClN3S. The maximum atomic E-state index is 5.70. The number of nitrogens with zero attached hydrogens (tertiary/aromatic N) is 2. The number of benzene rings is 1. The lowest BCUT2D eigenvalue weighted by atomic mass is 10.3. The summed E-state index contributed by atoms with van der Waals surface area (Å²) in [4.78, 5) is 9.08. The van der Waals surface area contributed by atoms with Crippen molar-refractivity contribution in [2.45, 2.75) is 4.90 Å². The number of aromatic nitrogens is 2. The van der Waals surface area contributed by atoms with Gasteiger partial charge in [0.15, 0.2) is 0 Å². The predicted octanol–water partition coefficient (Wildman–Crippen LogP) is 3.60. The second-order valence-corrected chi connectivity index (χ2v) is 4.29. The molecule has 82 valence electrons. The largest absolute Gasteiger partial charge is 0.340 e. The van der Waals surface area contributed by atoms with Gasteiger partial charge in [-0.2, -0.15) is 0 Å². The molecule has 0 radical (unpaired) electrons. The SMILES string of the molecule is CSc1cccc(Nc2ccnc(Cl)n2)c1. The molecule has 0 aliphatic heterocycles. The molecule has 16 heavy (non-hydrogen) atoms. The van der Waals surface area contributed by atoms with Crippen molar-refractivity contribution in [2.75, 3.05) is 11.6 Å². The van der Waals surface area contributed by atoms with Gasteiger partial charge in [0, 0.05) is 16.8 Å². The summed E-state index contributed by atoms with van der Waals surface area (Å²) >= 11 is 7.40. The third-order valence-corrected chi connectivity index (χ3v) is 2.88. The summed E-state index contributed by atoms with van der Waals surface area (Å²) in [5.41, 5.74) is 0.988. The summed E-state index contributed by atoms with van der Waals surface area (Å²) < 4.78 is 0. The highest BCUT2D eigenvalue weighted by molar-refractivity contribution is 7.98. The van der Waals surface area contributed by atoms with Crippen LogP contribution in [0.5, 0.6) is 0 Å². The molecule has 5 heteroatoms. The molecule has 0 saturated carbocycles. The molecule has 0 fully saturated rings. The van der Waals surface area contributed by atoms with E-state index < -0.39 is 0 Å². The Morgan fingerprint density at radius 1 is 1.31 bits per heavy atom. The molecule has 2 aromatic rings. The van der Waals surface area contributed by atoms with E-state index in [1.54, 1.807) is 24.0 Å². The average Bonchev–Trinajstić information content (AvgIpc) is 2.29. The Bertz CT molecular complexity index is 490. The first-order valence-corrected chi connectivity index (χ1v) is 6.28. The summed E-state index contributed by atoms with van der Waals surface area (Å²) in [5.74, 6) is 0.693. The van der Waals surface area contributed by atoms with E-state index in [0.717, 1.165) is 5.69 Å². The minimum absolute atomic E-state index is 0.242. The molecule has 0 atom stereocenters. The van der Waals surface area contributed by atoms with Crippen LogP contribution in [-0.2, 0) is 0 Å². The van der Waals surface area contributed by atoms with E-state index in [1.165, 1.54) is 4.90 Å². The molecule has 1 N–H and O–H groups in total. The van der Waals surface area contributed by atoms with Crippen LogP contribution in [-0.4, -0.2) is 16.2 Å². The first-order valence-electron chi connectivity index (χ1n) is 4.67. The quantitative estimate of drug-likeness (QED) is 0.668. The Labute approximate surface area is 103 Å². The summed E-state index contributed by atoms with van der Waals surface area (Å²) in [6, 6.07) is 9.87. The number of nitrogens with one attached hydrogen (secondary N) is 1. The van der Waals surface area contributed by atoms with Crippen molar-refractivity contribution in [3.8, 4) is 0 Å². The van der Waals surface area contributed by atoms with Gasteiger partial charge in [0.05, 0.1) is 0 Å². The minimum Gasteiger partial charge on any atom is -0.340 e. The van der Waals surface area contributed by atoms with E-state index in [1.807, 2.05) is 18.4 Å². The molecule has 1 aromatic carbocycles. The van der Waals surface area contributed by atoms with Crippen molar-refractivity contribution >= 4 is 34.9 Å². The standard InChI is InChI=1S/C11H10ClN3S/c1-16-9-4-2-3-8(7-9)14-10-5-6-13-11(12)15-10/h2-7H,1H3,(H,13,14,15). The highest BCUT2D eigenvalue weighted by Gasteiger charge is 1.98. The fourth-order valence-electron chi connectivity index (χ4n) is 1.25. The molecule has 2 rings (SSSR count). The zero-order valence-electron chi connectivity index (χ0n) is 8.64. The zero-order chi connectivity index (χ0) is 11.4. The molecule has 0 bridgehead atoms. The number of anilines is 2. The number of rotatable bonds is 3. The van der Waals surface area contributed by atoms with Crippen LogP contribution in [0.3, 0.4) is 0 Å². The second-order valence-electron chi connectivity index (χ2n) is 3.07. The lowest BCUT2D eigenvalue weighted by Gasteiger charge is -2.06. The van der Waals surface area contributed by atoms with Crippen LogP contribution < -0.4 is 5.32 Å². The van der Waals surface area contributed by atoms with Crippen LogP contribution in [0.4, 0.5) is 11.5 Å². The lowest BCUT2D eigenvalue weighted by Crippen LogP contribution is -1.94. The predicted molar refractivity (Wildman–Crippen MR) is 68.5 cm³/mol. The van der Waals surface area contributed by atoms with Crippen molar-refractivity contribution in [3.63, 3.8) is 0 Å². The number of hydrogen-bond donors (Lipinski definition) is 1. The van der Waals surface area contributed by atoms with Crippen molar-refractivity contribution < 1.29 is 0 Å².